The average molecular weight is 373 g/mol. The van der Waals surface area contributed by atoms with E-state index in [0.29, 0.717) is 0 Å². The lowest BCUT2D eigenvalue weighted by molar-refractivity contribution is -0.354. The zero-order valence-corrected chi connectivity index (χ0v) is 16.2. The Morgan fingerprint density at radius 3 is 2.42 bits per heavy atom. The van der Waals surface area contributed by atoms with E-state index >= 15 is 0 Å². The van der Waals surface area contributed by atoms with Gasteiger partial charge < -0.3 is 27.2 Å². The van der Waals surface area contributed by atoms with Crippen LogP contribution in [0.2, 0.25) is 0 Å². The maximum absolute atomic E-state index is 5.72. The topological polar surface area (TPSA) is 44.6 Å². The fraction of sp³-hybridized carbons (Fsp3) is 0.286. The van der Waals surface area contributed by atoms with Crippen molar-refractivity contribution in [3.8, 4) is 11.5 Å². The lowest BCUT2D eigenvalue weighted by atomic mass is 10.1. The summed E-state index contributed by atoms with van der Waals surface area (Å²) in [7, 11) is 1.68. The van der Waals surface area contributed by atoms with Gasteiger partial charge in [0.1, 0.15) is 11.5 Å². The Hall–Kier alpha value is -2.46. The number of unbranched alkanes of at least 4 members (excludes halogenated alkanes) is 1. The maximum atomic E-state index is 5.72. The van der Waals surface area contributed by atoms with E-state index < -0.39 is 0 Å². The van der Waals surface area contributed by atoms with Crippen LogP contribution in [0.3, 0.4) is 0 Å². The summed E-state index contributed by atoms with van der Waals surface area (Å²) in [6.45, 7) is 4.98. The highest BCUT2D eigenvalue weighted by Gasteiger charge is 2.11. The van der Waals surface area contributed by atoms with Crippen molar-refractivity contribution in [3.63, 3.8) is 0 Å². The Bertz CT molecular complexity index is 851. The highest BCUT2D eigenvalue weighted by molar-refractivity contribution is 5.92. The van der Waals surface area contributed by atoms with Gasteiger partial charge >= 0.3 is 0 Å². The van der Waals surface area contributed by atoms with Gasteiger partial charge in [0.15, 0.2) is 5.69 Å². The molecule has 0 saturated carbocycles. The largest absolute Gasteiger partial charge is 1.00 e. The van der Waals surface area contributed by atoms with Gasteiger partial charge in [-0.2, -0.15) is 0 Å². The van der Waals surface area contributed by atoms with Gasteiger partial charge in [0.2, 0.25) is 5.52 Å². The van der Waals surface area contributed by atoms with Crippen molar-refractivity contribution in [2.45, 2.75) is 26.7 Å². The van der Waals surface area contributed by atoms with Gasteiger partial charge in [-0.1, -0.05) is 13.3 Å². The Morgan fingerprint density at radius 2 is 1.73 bits per heavy atom. The number of rotatable bonds is 7. The molecule has 2 aromatic carbocycles. The Balaban J connectivity index is 0.00000243. The molecule has 1 heterocycles. The van der Waals surface area contributed by atoms with Gasteiger partial charge in [0.25, 0.3) is 0 Å². The molecule has 3 aromatic rings. The lowest BCUT2D eigenvalue weighted by Gasteiger charge is -2.11. The van der Waals surface area contributed by atoms with Crippen molar-refractivity contribution >= 4 is 22.3 Å². The fourth-order valence-corrected chi connectivity index (χ4v) is 2.75. The number of aryl methyl sites for hydroxylation is 1. The highest BCUT2D eigenvalue weighted by Crippen LogP contribution is 2.28. The van der Waals surface area contributed by atoms with Crippen LogP contribution in [0.25, 0.3) is 10.9 Å². The standard InChI is InChI=1S/C21H24N2O2.ClH/c1-4-5-12-25-17-8-6-16(7-9-17)23-21-13-15(2)22-20-11-10-18(24-3)14-19(20)21;/h6-11,13-14H,4-5,12H2,1-3H3,(H,22,23);1H. The summed E-state index contributed by atoms with van der Waals surface area (Å²) >= 11 is 0. The number of H-pyrrole nitrogens is 1. The summed E-state index contributed by atoms with van der Waals surface area (Å²) in [5.74, 6) is 1.75. The molecular weight excluding hydrogens is 348 g/mol. The first-order chi connectivity index (χ1) is 12.2. The number of aromatic amines is 1. The summed E-state index contributed by atoms with van der Waals surface area (Å²) in [4.78, 5) is 3.39. The highest BCUT2D eigenvalue weighted by atomic mass is 35.5. The molecule has 0 radical (unpaired) electrons. The smallest absolute Gasteiger partial charge is 0.213 e. The number of benzene rings is 2. The molecule has 0 fully saturated rings. The van der Waals surface area contributed by atoms with Crippen LogP contribution < -0.4 is 32.2 Å². The molecule has 2 N–H and O–H groups in total. The molecule has 0 amide bonds. The summed E-state index contributed by atoms with van der Waals surface area (Å²) < 4.78 is 11.1. The van der Waals surface area contributed by atoms with Gasteiger partial charge in [-0.15, -0.1) is 0 Å². The minimum absolute atomic E-state index is 0. The quantitative estimate of drug-likeness (QED) is 0.644. The second kappa shape index (κ2) is 9.30. The number of hydrogen-bond acceptors (Lipinski definition) is 3. The third kappa shape index (κ3) is 4.79. The average Bonchev–Trinajstić information content (AvgIpc) is 2.63. The first kappa shape index (κ1) is 19.9. The van der Waals surface area contributed by atoms with Crippen LogP contribution in [-0.4, -0.2) is 13.7 Å². The molecule has 0 aliphatic rings. The Labute approximate surface area is 161 Å². The van der Waals surface area contributed by atoms with Crippen LogP contribution in [0.5, 0.6) is 11.5 Å². The second-order valence-corrected chi connectivity index (χ2v) is 6.13. The third-order valence-electron chi connectivity index (χ3n) is 4.11. The number of aromatic nitrogens is 1. The van der Waals surface area contributed by atoms with E-state index in [4.69, 9.17) is 9.47 Å². The molecule has 0 unspecified atom stereocenters. The van der Waals surface area contributed by atoms with Gasteiger partial charge in [0.05, 0.1) is 24.8 Å². The van der Waals surface area contributed by atoms with E-state index in [0.717, 1.165) is 58.9 Å². The van der Waals surface area contributed by atoms with E-state index in [9.17, 15) is 0 Å². The van der Waals surface area contributed by atoms with Crippen molar-refractivity contribution in [2.75, 3.05) is 19.0 Å². The van der Waals surface area contributed by atoms with Crippen molar-refractivity contribution in [1.82, 2.24) is 0 Å². The van der Waals surface area contributed by atoms with Crippen LogP contribution in [0, 0.1) is 6.92 Å². The number of nitrogens with one attached hydrogen (secondary N) is 2. The number of methoxy groups -OCH3 is 1. The Morgan fingerprint density at radius 1 is 1.00 bits per heavy atom. The molecule has 0 aliphatic heterocycles. The molecule has 5 heteroatoms. The number of ether oxygens (including phenoxy) is 2. The predicted octanol–water partition coefficient (Wildman–Crippen LogP) is 1.90. The predicted molar refractivity (Wildman–Crippen MR) is 102 cm³/mol. The SMILES string of the molecule is CCCCOc1ccc(Nc2cc(C)[nH+]c3ccc(OC)cc23)cc1.[Cl-]. The number of anilines is 2. The number of halogens is 1. The fourth-order valence-electron chi connectivity index (χ4n) is 2.75. The molecule has 0 spiro atoms. The van der Waals surface area contributed by atoms with E-state index in [1.807, 2.05) is 42.5 Å². The number of hydrogen-bond donors (Lipinski definition) is 1. The van der Waals surface area contributed by atoms with Crippen LogP contribution in [0.1, 0.15) is 25.5 Å². The zero-order valence-electron chi connectivity index (χ0n) is 15.4. The number of pyridine rings is 1. The van der Waals surface area contributed by atoms with E-state index in [2.05, 4.69) is 30.2 Å². The molecule has 0 aliphatic carbocycles. The summed E-state index contributed by atoms with van der Waals surface area (Å²) in [6, 6.07) is 16.2. The first-order valence-corrected chi connectivity index (χ1v) is 8.70. The van der Waals surface area contributed by atoms with Gasteiger partial charge in [0, 0.05) is 24.7 Å². The van der Waals surface area contributed by atoms with Crippen LogP contribution in [-0.2, 0) is 0 Å². The van der Waals surface area contributed by atoms with Crippen molar-refractivity contribution in [2.24, 2.45) is 0 Å². The molecule has 3 rings (SSSR count). The van der Waals surface area contributed by atoms with Crippen molar-refractivity contribution in [1.29, 1.82) is 0 Å². The van der Waals surface area contributed by atoms with Gasteiger partial charge in [-0.05, 0) is 42.8 Å². The third-order valence-corrected chi connectivity index (χ3v) is 4.11. The van der Waals surface area contributed by atoms with E-state index in [-0.39, 0.29) is 12.4 Å². The van der Waals surface area contributed by atoms with Crippen LogP contribution >= 0.6 is 0 Å². The molecule has 4 nitrogen and oxygen atoms in total. The first-order valence-electron chi connectivity index (χ1n) is 8.70. The molecule has 1 aromatic heterocycles. The maximum Gasteiger partial charge on any atom is 0.213 e. The van der Waals surface area contributed by atoms with Crippen molar-refractivity contribution < 1.29 is 26.9 Å². The van der Waals surface area contributed by atoms with E-state index in [1.54, 1.807) is 7.11 Å². The summed E-state index contributed by atoms with van der Waals surface area (Å²) in [6.07, 6.45) is 2.22. The van der Waals surface area contributed by atoms with E-state index in [1.165, 1.54) is 0 Å². The summed E-state index contributed by atoms with van der Waals surface area (Å²) in [5, 5.41) is 4.59. The summed E-state index contributed by atoms with van der Waals surface area (Å²) in [5.41, 5.74) is 4.24. The van der Waals surface area contributed by atoms with Crippen molar-refractivity contribution in [3.05, 3.63) is 54.2 Å². The monoisotopic (exact) mass is 372 g/mol. The second-order valence-electron chi connectivity index (χ2n) is 6.13. The van der Waals surface area contributed by atoms with Crippen LogP contribution in [0.4, 0.5) is 11.4 Å². The molecule has 0 saturated heterocycles. The molecule has 0 atom stereocenters. The molecular formula is C21H25ClN2O2. The minimum atomic E-state index is 0. The van der Waals surface area contributed by atoms with Gasteiger partial charge in [-0.3, -0.25) is 0 Å². The van der Waals surface area contributed by atoms with Gasteiger partial charge in [-0.25, -0.2) is 4.98 Å². The normalized spacial score (nSPS) is 10.3. The number of fused-ring (bicyclic) bond motifs is 1. The molecule has 138 valence electrons. The Kier molecular flexibility index (Phi) is 7.10. The molecule has 26 heavy (non-hydrogen) atoms. The minimum Gasteiger partial charge on any atom is -1.00 e. The van der Waals surface area contributed by atoms with Crippen LogP contribution in [0.15, 0.2) is 48.5 Å². The molecule has 0 bridgehead atoms. The lowest BCUT2D eigenvalue weighted by Crippen LogP contribution is -3.00. The zero-order chi connectivity index (χ0) is 17.6.